The molecule has 0 aliphatic heterocycles. The molecule has 0 aliphatic carbocycles. The molecule has 25 heavy (non-hydrogen) atoms. The van der Waals surface area contributed by atoms with Gasteiger partial charge in [-0.25, -0.2) is 14.4 Å². The lowest BCUT2D eigenvalue weighted by Crippen LogP contribution is -2.04. The molecule has 0 radical (unpaired) electrons. The summed E-state index contributed by atoms with van der Waals surface area (Å²) < 4.78 is 15.3. The van der Waals surface area contributed by atoms with Gasteiger partial charge in [0.05, 0.1) is 5.75 Å². The van der Waals surface area contributed by atoms with Gasteiger partial charge >= 0.3 is 0 Å². The molecule has 3 aromatic rings. The van der Waals surface area contributed by atoms with Crippen LogP contribution in [0.15, 0.2) is 53.0 Å². The van der Waals surface area contributed by atoms with Crippen LogP contribution in [0.5, 0.6) is 0 Å². The van der Waals surface area contributed by atoms with E-state index in [1.165, 1.54) is 23.9 Å². The monoisotopic (exact) mass is 375 g/mol. The van der Waals surface area contributed by atoms with Crippen molar-refractivity contribution in [3.05, 3.63) is 54.4 Å². The van der Waals surface area contributed by atoms with Gasteiger partial charge in [0, 0.05) is 23.3 Å². The Hall–Kier alpha value is -1.93. The molecule has 1 unspecified atom stereocenters. The molecule has 8 heteroatoms. The van der Waals surface area contributed by atoms with E-state index in [2.05, 4.69) is 34.0 Å². The van der Waals surface area contributed by atoms with Gasteiger partial charge in [-0.15, -0.1) is 10.2 Å². The number of aromatic nitrogens is 5. The Balaban J connectivity index is 1.90. The predicted octanol–water partition coefficient (Wildman–Crippen LogP) is 4.38. The topological polar surface area (TPSA) is 56.5 Å². The second kappa shape index (κ2) is 8.44. The van der Waals surface area contributed by atoms with Crippen molar-refractivity contribution in [1.29, 1.82) is 0 Å². The lowest BCUT2D eigenvalue weighted by Gasteiger charge is -2.12. The summed E-state index contributed by atoms with van der Waals surface area (Å²) in [6.07, 6.45) is 4.46. The largest absolute Gasteiger partial charge is 0.273 e. The minimum absolute atomic E-state index is 0.262. The van der Waals surface area contributed by atoms with Gasteiger partial charge < -0.3 is 0 Å². The Bertz CT molecular complexity index is 808. The first-order chi connectivity index (χ1) is 12.2. The smallest absolute Gasteiger partial charge is 0.196 e. The van der Waals surface area contributed by atoms with E-state index in [4.69, 9.17) is 0 Å². The van der Waals surface area contributed by atoms with Crippen molar-refractivity contribution in [3.63, 3.8) is 0 Å². The quantitative estimate of drug-likeness (QED) is 0.451. The van der Waals surface area contributed by atoms with Crippen LogP contribution in [0.3, 0.4) is 0 Å². The summed E-state index contributed by atoms with van der Waals surface area (Å²) in [6, 6.07) is 8.17. The number of halogens is 1. The van der Waals surface area contributed by atoms with E-state index in [9.17, 15) is 4.39 Å². The standard InChI is InChI=1S/C17H18FN5S2/c1-3-12(2)25-17-22-21-15(11-24-16-19-9-4-10-20-16)23(17)14-7-5-13(18)6-8-14/h4-10,12H,3,11H2,1-2H3. The van der Waals surface area contributed by atoms with Crippen LogP contribution in [0.2, 0.25) is 0 Å². The highest BCUT2D eigenvalue weighted by Gasteiger charge is 2.17. The van der Waals surface area contributed by atoms with Crippen LogP contribution in [0.25, 0.3) is 5.69 Å². The zero-order chi connectivity index (χ0) is 17.6. The van der Waals surface area contributed by atoms with E-state index in [1.807, 2.05) is 4.57 Å². The summed E-state index contributed by atoms with van der Waals surface area (Å²) in [5.41, 5.74) is 0.849. The van der Waals surface area contributed by atoms with Crippen molar-refractivity contribution in [2.24, 2.45) is 0 Å². The van der Waals surface area contributed by atoms with Crippen molar-refractivity contribution < 1.29 is 4.39 Å². The minimum atomic E-state index is -0.262. The molecule has 0 fully saturated rings. The highest BCUT2D eigenvalue weighted by molar-refractivity contribution is 7.99. The van der Waals surface area contributed by atoms with Crippen molar-refractivity contribution in [2.45, 2.75) is 41.6 Å². The third-order valence-electron chi connectivity index (χ3n) is 3.54. The first-order valence-electron chi connectivity index (χ1n) is 7.94. The Morgan fingerprint density at radius 2 is 1.84 bits per heavy atom. The average Bonchev–Trinajstić information content (AvgIpc) is 3.04. The van der Waals surface area contributed by atoms with Crippen LogP contribution in [0, 0.1) is 5.82 Å². The zero-order valence-electron chi connectivity index (χ0n) is 14.0. The zero-order valence-corrected chi connectivity index (χ0v) is 15.6. The van der Waals surface area contributed by atoms with Gasteiger partial charge in [-0.05, 0) is 36.8 Å². The molecule has 0 spiro atoms. The fraction of sp³-hybridized carbons (Fsp3) is 0.294. The number of rotatable bonds is 7. The summed E-state index contributed by atoms with van der Waals surface area (Å²) in [5.74, 6) is 1.10. The molecule has 1 atom stereocenters. The number of hydrogen-bond acceptors (Lipinski definition) is 6. The third kappa shape index (κ3) is 4.58. The molecule has 0 saturated heterocycles. The Labute approximate surface area is 154 Å². The van der Waals surface area contributed by atoms with Crippen LogP contribution in [-0.4, -0.2) is 30.0 Å². The van der Waals surface area contributed by atoms with Gasteiger partial charge in [-0.2, -0.15) is 0 Å². The molecule has 0 bridgehead atoms. The van der Waals surface area contributed by atoms with E-state index >= 15 is 0 Å². The summed E-state index contributed by atoms with van der Waals surface area (Å²) >= 11 is 3.16. The average molecular weight is 375 g/mol. The fourth-order valence-electron chi connectivity index (χ4n) is 2.07. The van der Waals surface area contributed by atoms with E-state index in [-0.39, 0.29) is 5.82 Å². The SMILES string of the molecule is CCC(C)Sc1nnc(CSc2ncccn2)n1-c1ccc(F)cc1. The molecule has 1 aromatic carbocycles. The highest BCUT2D eigenvalue weighted by atomic mass is 32.2. The maximum atomic E-state index is 13.3. The van der Waals surface area contributed by atoms with Crippen LogP contribution < -0.4 is 0 Å². The first kappa shape index (κ1) is 17.9. The molecule has 5 nitrogen and oxygen atoms in total. The van der Waals surface area contributed by atoms with Crippen LogP contribution >= 0.6 is 23.5 Å². The van der Waals surface area contributed by atoms with Gasteiger partial charge in [0.25, 0.3) is 0 Å². The van der Waals surface area contributed by atoms with Gasteiger partial charge in [0.15, 0.2) is 10.3 Å². The molecular weight excluding hydrogens is 357 g/mol. The van der Waals surface area contributed by atoms with Crippen molar-refractivity contribution >= 4 is 23.5 Å². The van der Waals surface area contributed by atoms with Crippen LogP contribution in [0.1, 0.15) is 26.1 Å². The van der Waals surface area contributed by atoms with E-state index < -0.39 is 0 Å². The number of benzene rings is 1. The normalized spacial score (nSPS) is 12.3. The minimum Gasteiger partial charge on any atom is -0.273 e. The maximum absolute atomic E-state index is 13.3. The first-order valence-corrected chi connectivity index (χ1v) is 9.80. The molecule has 3 rings (SSSR count). The van der Waals surface area contributed by atoms with E-state index in [1.54, 1.807) is 42.4 Å². The molecule has 0 N–H and O–H groups in total. The van der Waals surface area contributed by atoms with Gasteiger partial charge in [0.1, 0.15) is 11.6 Å². The Morgan fingerprint density at radius 1 is 1.12 bits per heavy atom. The second-order valence-corrected chi connectivity index (χ2v) is 7.72. The molecular formula is C17H18FN5S2. The Kier molecular flexibility index (Phi) is 6.04. The van der Waals surface area contributed by atoms with Gasteiger partial charge in [-0.3, -0.25) is 4.57 Å². The van der Waals surface area contributed by atoms with Crippen LogP contribution in [-0.2, 0) is 5.75 Å². The Morgan fingerprint density at radius 3 is 2.52 bits per heavy atom. The molecule has 130 valence electrons. The second-order valence-electron chi connectivity index (χ2n) is 5.37. The molecule has 0 amide bonds. The lowest BCUT2D eigenvalue weighted by atomic mass is 10.3. The number of thioether (sulfide) groups is 2. The predicted molar refractivity (Wildman–Crippen MR) is 98.5 cm³/mol. The maximum Gasteiger partial charge on any atom is 0.196 e. The number of nitrogens with zero attached hydrogens (tertiary/aromatic N) is 5. The third-order valence-corrected chi connectivity index (χ3v) is 5.62. The number of hydrogen-bond donors (Lipinski definition) is 0. The fourth-order valence-corrected chi connectivity index (χ4v) is 3.72. The van der Waals surface area contributed by atoms with Gasteiger partial charge in [0.2, 0.25) is 0 Å². The van der Waals surface area contributed by atoms with Crippen molar-refractivity contribution in [3.8, 4) is 5.69 Å². The summed E-state index contributed by atoms with van der Waals surface area (Å²) in [4.78, 5) is 8.43. The molecule has 0 aliphatic rings. The lowest BCUT2D eigenvalue weighted by molar-refractivity contribution is 0.627. The van der Waals surface area contributed by atoms with E-state index in [0.717, 1.165) is 23.1 Å². The van der Waals surface area contributed by atoms with Crippen molar-refractivity contribution in [1.82, 2.24) is 24.7 Å². The molecule has 0 saturated carbocycles. The summed E-state index contributed by atoms with van der Waals surface area (Å²) in [5, 5.41) is 10.6. The summed E-state index contributed by atoms with van der Waals surface area (Å²) in [6.45, 7) is 4.29. The van der Waals surface area contributed by atoms with Crippen molar-refractivity contribution in [2.75, 3.05) is 0 Å². The molecule has 2 heterocycles. The molecule has 2 aromatic heterocycles. The van der Waals surface area contributed by atoms with Crippen LogP contribution in [0.4, 0.5) is 4.39 Å². The van der Waals surface area contributed by atoms with E-state index in [0.29, 0.717) is 16.2 Å². The van der Waals surface area contributed by atoms with Gasteiger partial charge in [-0.1, -0.05) is 37.4 Å². The summed E-state index contributed by atoms with van der Waals surface area (Å²) in [7, 11) is 0. The highest BCUT2D eigenvalue weighted by Crippen LogP contribution is 2.29.